The fourth-order valence-corrected chi connectivity index (χ4v) is 5.41. The second-order valence-electron chi connectivity index (χ2n) is 11.5. The van der Waals surface area contributed by atoms with E-state index in [4.69, 9.17) is 14.2 Å². The van der Waals surface area contributed by atoms with Gasteiger partial charge in [0.2, 0.25) is 0 Å². The highest BCUT2D eigenvalue weighted by Crippen LogP contribution is 2.45. The summed E-state index contributed by atoms with van der Waals surface area (Å²) in [5.74, 6) is 5.70. The number of nitrogens with one attached hydrogen (secondary N) is 1. The first kappa shape index (κ1) is 29.3. The van der Waals surface area contributed by atoms with Crippen LogP contribution in [0.25, 0.3) is 0 Å². The molecular formula is C30H42N2O6. The van der Waals surface area contributed by atoms with Crippen LogP contribution >= 0.6 is 0 Å². The van der Waals surface area contributed by atoms with Gasteiger partial charge in [0.25, 0.3) is 0 Å². The van der Waals surface area contributed by atoms with Gasteiger partial charge < -0.3 is 24.4 Å². The molecule has 38 heavy (non-hydrogen) atoms. The minimum absolute atomic E-state index is 0.142. The molecule has 0 bridgehead atoms. The minimum Gasteiger partial charge on any atom is -0.453 e. The largest absolute Gasteiger partial charge is 0.453 e. The predicted octanol–water partition coefficient (Wildman–Crippen LogP) is 5.21. The summed E-state index contributed by atoms with van der Waals surface area (Å²) in [6, 6.07) is 6.83. The van der Waals surface area contributed by atoms with Crippen molar-refractivity contribution in [2.75, 3.05) is 13.7 Å². The Balaban J connectivity index is 1.97. The first-order chi connectivity index (χ1) is 17.9. The predicted molar refractivity (Wildman–Crippen MR) is 144 cm³/mol. The van der Waals surface area contributed by atoms with Crippen LogP contribution in [0, 0.1) is 30.6 Å². The number of ether oxygens (including phenoxy) is 3. The third-order valence-corrected chi connectivity index (χ3v) is 7.46. The molecule has 1 saturated carbocycles. The second kappa shape index (κ2) is 12.1. The highest BCUT2D eigenvalue weighted by atomic mass is 16.6. The second-order valence-corrected chi connectivity index (χ2v) is 11.5. The van der Waals surface area contributed by atoms with Gasteiger partial charge in [-0.05, 0) is 82.9 Å². The van der Waals surface area contributed by atoms with E-state index in [-0.39, 0.29) is 24.0 Å². The van der Waals surface area contributed by atoms with Crippen LogP contribution in [0.15, 0.2) is 24.3 Å². The van der Waals surface area contributed by atoms with Crippen molar-refractivity contribution in [2.45, 2.75) is 96.9 Å². The zero-order chi connectivity index (χ0) is 28.1. The van der Waals surface area contributed by atoms with Gasteiger partial charge in [0.05, 0.1) is 7.11 Å². The molecule has 2 fully saturated rings. The molecule has 1 heterocycles. The minimum atomic E-state index is -1.10. The summed E-state index contributed by atoms with van der Waals surface area (Å²) in [5, 5.41) is 2.74. The molecule has 3 rings (SSSR count). The van der Waals surface area contributed by atoms with Gasteiger partial charge in [-0.3, -0.25) is 0 Å². The Bertz CT molecular complexity index is 1080. The average Bonchev–Trinajstić information content (AvgIpc) is 3.30. The van der Waals surface area contributed by atoms with Crippen molar-refractivity contribution >= 4 is 18.2 Å². The molecule has 1 saturated heterocycles. The maximum absolute atomic E-state index is 13.8. The van der Waals surface area contributed by atoms with Gasteiger partial charge in [-0.15, -0.1) is 0 Å². The van der Waals surface area contributed by atoms with E-state index in [2.05, 4.69) is 17.2 Å². The van der Waals surface area contributed by atoms with Crippen LogP contribution in [0.2, 0.25) is 0 Å². The van der Waals surface area contributed by atoms with E-state index in [1.165, 1.54) is 7.11 Å². The lowest BCUT2D eigenvalue weighted by Crippen LogP contribution is -2.55. The van der Waals surface area contributed by atoms with Crippen LogP contribution in [0.1, 0.15) is 77.8 Å². The van der Waals surface area contributed by atoms with E-state index in [1.807, 2.05) is 45.0 Å². The fourth-order valence-electron chi connectivity index (χ4n) is 5.41. The van der Waals surface area contributed by atoms with Crippen molar-refractivity contribution in [3.8, 4) is 11.8 Å². The first-order valence-electron chi connectivity index (χ1n) is 13.6. The fraction of sp³-hybridized carbons (Fsp3) is 0.633. The summed E-state index contributed by atoms with van der Waals surface area (Å²) < 4.78 is 16.8. The maximum Gasteiger partial charge on any atom is 0.409 e. The lowest BCUT2D eigenvalue weighted by molar-refractivity contribution is -0.166. The molecule has 0 radical (unpaired) electrons. The molecular weight excluding hydrogens is 484 g/mol. The molecule has 1 N–H and O–H groups in total. The van der Waals surface area contributed by atoms with Gasteiger partial charge in [-0.1, -0.05) is 38.3 Å². The molecule has 2 amide bonds. The Hall–Kier alpha value is -3.21. The van der Waals surface area contributed by atoms with Crippen LogP contribution in [0.4, 0.5) is 9.59 Å². The SMILES string of the molecule is CC[C@H](C)[C@H](NC(=O)OC(C)(C)C)C(=O)O[C@@]1(C#Cc2cccc(C)c2)CCC[C@@H]2[C@H]1CCN2C(=O)OC. The number of benzene rings is 1. The summed E-state index contributed by atoms with van der Waals surface area (Å²) >= 11 is 0. The van der Waals surface area contributed by atoms with E-state index in [0.29, 0.717) is 25.8 Å². The van der Waals surface area contributed by atoms with Gasteiger partial charge in [-0.25, -0.2) is 14.4 Å². The van der Waals surface area contributed by atoms with Crippen molar-refractivity contribution in [1.29, 1.82) is 0 Å². The number of hydrogen-bond acceptors (Lipinski definition) is 6. The molecule has 1 aromatic rings. The number of methoxy groups -OCH3 is 1. The van der Waals surface area contributed by atoms with Crippen LogP contribution in [-0.2, 0) is 19.0 Å². The van der Waals surface area contributed by atoms with Crippen molar-refractivity contribution in [3.63, 3.8) is 0 Å². The van der Waals surface area contributed by atoms with Gasteiger partial charge in [0.15, 0.2) is 5.60 Å². The summed E-state index contributed by atoms with van der Waals surface area (Å²) in [6.07, 6.45) is 2.32. The number of esters is 1. The molecule has 0 spiro atoms. The van der Waals surface area contributed by atoms with Crippen molar-refractivity contribution < 1.29 is 28.6 Å². The third-order valence-electron chi connectivity index (χ3n) is 7.46. The monoisotopic (exact) mass is 526 g/mol. The number of likely N-dealkylation sites (tertiary alicyclic amines) is 1. The van der Waals surface area contributed by atoms with Gasteiger partial charge in [-0.2, -0.15) is 0 Å². The molecule has 1 aromatic carbocycles. The Labute approximate surface area is 226 Å². The number of hydrogen-bond donors (Lipinski definition) is 1. The van der Waals surface area contributed by atoms with E-state index in [0.717, 1.165) is 24.0 Å². The number of rotatable bonds is 5. The van der Waals surface area contributed by atoms with E-state index < -0.39 is 29.3 Å². The Morgan fingerprint density at radius 1 is 1.24 bits per heavy atom. The molecule has 8 heteroatoms. The van der Waals surface area contributed by atoms with Gasteiger partial charge >= 0.3 is 18.2 Å². The smallest absolute Gasteiger partial charge is 0.409 e. The number of carbonyl (C=O) groups excluding carboxylic acids is 3. The number of fused-ring (bicyclic) bond motifs is 1. The van der Waals surface area contributed by atoms with Gasteiger partial charge in [0.1, 0.15) is 11.6 Å². The maximum atomic E-state index is 13.8. The topological polar surface area (TPSA) is 94.2 Å². The number of carbonyl (C=O) groups is 3. The molecule has 0 unspecified atom stereocenters. The first-order valence-corrected chi connectivity index (χ1v) is 13.6. The van der Waals surface area contributed by atoms with Crippen molar-refractivity contribution in [1.82, 2.24) is 10.2 Å². The van der Waals surface area contributed by atoms with Crippen LogP contribution in [0.3, 0.4) is 0 Å². The Morgan fingerprint density at radius 3 is 2.61 bits per heavy atom. The molecule has 1 aliphatic carbocycles. The Kier molecular flexibility index (Phi) is 9.35. The van der Waals surface area contributed by atoms with Crippen LogP contribution < -0.4 is 5.32 Å². The van der Waals surface area contributed by atoms with Crippen molar-refractivity contribution in [3.05, 3.63) is 35.4 Å². The highest BCUT2D eigenvalue weighted by Gasteiger charge is 2.54. The Morgan fingerprint density at radius 2 is 1.97 bits per heavy atom. The number of amides is 2. The quantitative estimate of drug-likeness (QED) is 0.322. The summed E-state index contributed by atoms with van der Waals surface area (Å²) in [4.78, 5) is 40.6. The van der Waals surface area contributed by atoms with Crippen LogP contribution in [-0.4, -0.2) is 60.0 Å². The normalized spacial score (nSPS) is 24.2. The summed E-state index contributed by atoms with van der Waals surface area (Å²) in [6.45, 7) is 11.7. The molecule has 208 valence electrons. The number of aryl methyl sites for hydroxylation is 1. The zero-order valence-electron chi connectivity index (χ0n) is 23.8. The zero-order valence-corrected chi connectivity index (χ0v) is 23.8. The highest BCUT2D eigenvalue weighted by molar-refractivity contribution is 5.82. The van der Waals surface area contributed by atoms with E-state index >= 15 is 0 Å². The van der Waals surface area contributed by atoms with Crippen molar-refractivity contribution in [2.24, 2.45) is 11.8 Å². The standard InChI is InChI=1S/C30H42N2O6/c1-8-21(3)25(31-27(34)38-29(4,5)6)26(33)37-30(17-14-22-12-9-11-20(2)19-22)16-10-13-24-23(30)15-18-32(24)28(35)36-7/h9,11-12,19,21,23-25H,8,10,13,15-16,18H2,1-7H3,(H,31,34)/t21-,23+,24+,25-,30+/m0/s1. The molecule has 5 atom stereocenters. The third kappa shape index (κ3) is 7.00. The molecule has 1 aliphatic heterocycles. The summed E-state index contributed by atoms with van der Waals surface area (Å²) in [5.41, 5.74) is 0.108. The van der Waals surface area contributed by atoms with E-state index in [1.54, 1.807) is 25.7 Å². The number of nitrogens with zero attached hydrogens (tertiary/aromatic N) is 1. The van der Waals surface area contributed by atoms with Gasteiger partial charge in [0, 0.05) is 24.1 Å². The molecule has 0 aromatic heterocycles. The van der Waals surface area contributed by atoms with Crippen LogP contribution in [0.5, 0.6) is 0 Å². The number of alkyl carbamates (subject to hydrolysis) is 1. The lowest BCUT2D eigenvalue weighted by Gasteiger charge is -2.43. The molecule has 8 nitrogen and oxygen atoms in total. The average molecular weight is 527 g/mol. The van der Waals surface area contributed by atoms with E-state index in [9.17, 15) is 14.4 Å². The summed E-state index contributed by atoms with van der Waals surface area (Å²) in [7, 11) is 1.38. The molecule has 2 aliphatic rings. The lowest BCUT2D eigenvalue weighted by atomic mass is 9.72.